The Morgan fingerprint density at radius 3 is 2.45 bits per heavy atom. The lowest BCUT2D eigenvalue weighted by Crippen LogP contribution is -1.93. The van der Waals surface area contributed by atoms with Crippen LogP contribution in [0.2, 0.25) is 10.0 Å². The second-order valence-electron chi connectivity index (χ2n) is 3.82. The third-order valence-corrected chi connectivity index (χ3v) is 3.47. The summed E-state index contributed by atoms with van der Waals surface area (Å²) in [4.78, 5) is 10.1. The fourth-order valence-corrected chi connectivity index (χ4v) is 2.36. The normalized spacial score (nSPS) is 10.3. The maximum Gasteiger partial charge on any atom is 0.271 e. The predicted molar refractivity (Wildman–Crippen MR) is 79.2 cm³/mol. The zero-order valence-corrected chi connectivity index (χ0v) is 12.2. The molecule has 0 spiro atoms. The minimum Gasteiger partial charge on any atom is -0.455 e. The standard InChI is InChI=1S/C13H8Cl3NO3/c14-7-9-10(15)2-1-3-12(9)20-13-5-4-8(17(18)19)6-11(13)16/h1-6H,7H2. The lowest BCUT2D eigenvalue weighted by atomic mass is 10.2. The first-order valence-corrected chi connectivity index (χ1v) is 6.77. The van der Waals surface area contributed by atoms with Gasteiger partial charge >= 0.3 is 0 Å². The fourth-order valence-electron chi connectivity index (χ4n) is 1.57. The van der Waals surface area contributed by atoms with E-state index in [1.165, 1.54) is 18.2 Å². The zero-order chi connectivity index (χ0) is 14.7. The number of hydrogen-bond acceptors (Lipinski definition) is 3. The van der Waals surface area contributed by atoms with E-state index in [2.05, 4.69) is 0 Å². The van der Waals surface area contributed by atoms with Crippen LogP contribution in [0.25, 0.3) is 0 Å². The van der Waals surface area contributed by atoms with Gasteiger partial charge in [0.1, 0.15) is 11.5 Å². The van der Waals surface area contributed by atoms with Crippen molar-refractivity contribution in [3.63, 3.8) is 0 Å². The molecule has 0 unspecified atom stereocenters. The Bertz CT molecular complexity index is 661. The highest BCUT2D eigenvalue weighted by Crippen LogP contribution is 2.36. The van der Waals surface area contributed by atoms with Crippen molar-refractivity contribution in [2.75, 3.05) is 0 Å². The third kappa shape index (κ3) is 3.15. The monoisotopic (exact) mass is 331 g/mol. The second kappa shape index (κ2) is 6.31. The highest BCUT2D eigenvalue weighted by atomic mass is 35.5. The number of alkyl halides is 1. The molecule has 2 rings (SSSR count). The SMILES string of the molecule is O=[N+]([O-])c1ccc(Oc2cccc(Cl)c2CCl)c(Cl)c1. The topological polar surface area (TPSA) is 52.4 Å². The molecule has 0 radical (unpaired) electrons. The molecule has 2 aromatic rings. The number of non-ortho nitro benzene ring substituents is 1. The van der Waals surface area contributed by atoms with Crippen LogP contribution in [-0.4, -0.2) is 4.92 Å². The van der Waals surface area contributed by atoms with Gasteiger partial charge in [0.05, 0.1) is 15.8 Å². The Hall–Kier alpha value is -1.49. The molecule has 0 aliphatic carbocycles. The van der Waals surface area contributed by atoms with Crippen LogP contribution in [0.5, 0.6) is 11.5 Å². The molecular weight excluding hydrogens is 325 g/mol. The molecule has 0 aliphatic heterocycles. The third-order valence-electron chi connectivity index (χ3n) is 2.56. The number of nitro groups is 1. The average Bonchev–Trinajstić information content (AvgIpc) is 2.41. The first-order valence-electron chi connectivity index (χ1n) is 5.48. The van der Waals surface area contributed by atoms with Gasteiger partial charge in [-0.05, 0) is 18.2 Å². The number of hydrogen-bond donors (Lipinski definition) is 0. The van der Waals surface area contributed by atoms with Crippen molar-refractivity contribution in [2.45, 2.75) is 5.88 Å². The van der Waals surface area contributed by atoms with Crippen LogP contribution < -0.4 is 4.74 Å². The Morgan fingerprint density at radius 2 is 1.85 bits per heavy atom. The summed E-state index contributed by atoms with van der Waals surface area (Å²) in [6.45, 7) is 0. The van der Waals surface area contributed by atoms with E-state index < -0.39 is 4.92 Å². The Balaban J connectivity index is 2.36. The van der Waals surface area contributed by atoms with Gasteiger partial charge in [-0.1, -0.05) is 29.3 Å². The van der Waals surface area contributed by atoms with E-state index >= 15 is 0 Å². The minimum absolute atomic E-state index is 0.106. The van der Waals surface area contributed by atoms with E-state index in [9.17, 15) is 10.1 Å². The molecule has 0 fully saturated rings. The van der Waals surface area contributed by atoms with E-state index in [0.717, 1.165) is 0 Å². The largest absolute Gasteiger partial charge is 0.455 e. The lowest BCUT2D eigenvalue weighted by molar-refractivity contribution is -0.384. The van der Waals surface area contributed by atoms with Crippen LogP contribution in [0.3, 0.4) is 0 Å². The maximum atomic E-state index is 10.6. The van der Waals surface area contributed by atoms with Gasteiger partial charge in [0.25, 0.3) is 5.69 Å². The van der Waals surface area contributed by atoms with Gasteiger partial charge in [0, 0.05) is 22.7 Å². The summed E-state index contributed by atoms with van der Waals surface area (Å²) in [5.74, 6) is 0.939. The van der Waals surface area contributed by atoms with Gasteiger partial charge in [0.15, 0.2) is 0 Å². The predicted octanol–water partition coefficient (Wildman–Crippen LogP) is 5.43. The van der Waals surface area contributed by atoms with E-state index in [4.69, 9.17) is 39.5 Å². The van der Waals surface area contributed by atoms with E-state index in [0.29, 0.717) is 22.1 Å². The maximum absolute atomic E-state index is 10.6. The summed E-state index contributed by atoms with van der Waals surface area (Å²) in [6.07, 6.45) is 0. The molecule has 0 aromatic heterocycles. The van der Waals surface area contributed by atoms with Gasteiger partial charge < -0.3 is 4.74 Å². The molecule has 0 N–H and O–H groups in total. The van der Waals surface area contributed by atoms with Crippen molar-refractivity contribution in [3.8, 4) is 11.5 Å². The summed E-state index contributed by atoms with van der Waals surface area (Å²) < 4.78 is 5.62. The number of halogens is 3. The first kappa shape index (κ1) is 14.9. The fraction of sp³-hybridized carbons (Fsp3) is 0.0769. The van der Waals surface area contributed by atoms with Gasteiger partial charge in [-0.2, -0.15) is 0 Å². The highest BCUT2D eigenvalue weighted by molar-refractivity contribution is 6.33. The van der Waals surface area contributed by atoms with Crippen molar-refractivity contribution in [1.82, 2.24) is 0 Å². The van der Waals surface area contributed by atoms with Crippen LogP contribution >= 0.6 is 34.8 Å². The van der Waals surface area contributed by atoms with E-state index in [-0.39, 0.29) is 16.6 Å². The van der Waals surface area contributed by atoms with Crippen LogP contribution in [0.4, 0.5) is 5.69 Å². The number of ether oxygens (including phenoxy) is 1. The van der Waals surface area contributed by atoms with Crippen molar-refractivity contribution in [2.24, 2.45) is 0 Å². The Kier molecular flexibility index (Phi) is 4.70. The summed E-state index contributed by atoms with van der Waals surface area (Å²) in [5.41, 5.74) is 0.524. The van der Waals surface area contributed by atoms with Gasteiger partial charge in [-0.25, -0.2) is 0 Å². The highest BCUT2D eigenvalue weighted by Gasteiger charge is 2.13. The van der Waals surface area contributed by atoms with Crippen molar-refractivity contribution in [3.05, 3.63) is 62.1 Å². The number of nitrogens with zero attached hydrogens (tertiary/aromatic N) is 1. The van der Waals surface area contributed by atoms with Crippen molar-refractivity contribution in [1.29, 1.82) is 0 Å². The molecule has 0 atom stereocenters. The molecule has 0 saturated heterocycles. The summed E-state index contributed by atoms with van der Waals surface area (Å²) >= 11 is 17.8. The molecule has 4 nitrogen and oxygen atoms in total. The van der Waals surface area contributed by atoms with Crippen molar-refractivity contribution < 1.29 is 9.66 Å². The van der Waals surface area contributed by atoms with Gasteiger partial charge in [-0.15, -0.1) is 11.6 Å². The molecule has 104 valence electrons. The summed E-state index contributed by atoms with van der Waals surface area (Å²) in [7, 11) is 0. The number of nitro benzene ring substituents is 1. The molecule has 0 aliphatic rings. The van der Waals surface area contributed by atoms with Gasteiger partial charge in [-0.3, -0.25) is 10.1 Å². The molecule has 2 aromatic carbocycles. The molecular formula is C13H8Cl3NO3. The van der Waals surface area contributed by atoms with E-state index in [1.54, 1.807) is 18.2 Å². The Labute approximate surface area is 130 Å². The molecule has 0 saturated carbocycles. The zero-order valence-electron chi connectivity index (χ0n) is 9.98. The quantitative estimate of drug-likeness (QED) is 0.426. The van der Waals surface area contributed by atoms with E-state index in [1.807, 2.05) is 0 Å². The average molecular weight is 333 g/mol. The molecule has 7 heteroatoms. The summed E-state index contributed by atoms with van der Waals surface area (Å²) in [5, 5.41) is 11.3. The molecule has 0 amide bonds. The molecule has 0 heterocycles. The van der Waals surface area contributed by atoms with Gasteiger partial charge in [0.2, 0.25) is 0 Å². The molecule has 0 bridgehead atoms. The van der Waals surface area contributed by atoms with Crippen LogP contribution in [0, 0.1) is 10.1 Å². The number of benzene rings is 2. The lowest BCUT2D eigenvalue weighted by Gasteiger charge is -2.11. The molecule has 20 heavy (non-hydrogen) atoms. The number of rotatable bonds is 4. The van der Waals surface area contributed by atoms with Crippen LogP contribution in [0.15, 0.2) is 36.4 Å². The van der Waals surface area contributed by atoms with Crippen LogP contribution in [-0.2, 0) is 5.88 Å². The van der Waals surface area contributed by atoms with Crippen LogP contribution in [0.1, 0.15) is 5.56 Å². The summed E-state index contributed by atoms with van der Waals surface area (Å²) in [6, 6.07) is 9.07. The van der Waals surface area contributed by atoms with Crippen molar-refractivity contribution >= 4 is 40.5 Å². The smallest absolute Gasteiger partial charge is 0.271 e. The first-order chi connectivity index (χ1) is 9.52. The minimum atomic E-state index is -0.529. The second-order valence-corrected chi connectivity index (χ2v) is 4.91. The Morgan fingerprint density at radius 1 is 1.10 bits per heavy atom.